The first-order chi connectivity index (χ1) is 8.19. The Morgan fingerprint density at radius 3 is 2.44 bits per heavy atom. The van der Waals surface area contributed by atoms with Crippen molar-refractivity contribution in [2.45, 2.75) is 75.7 Å². The Bertz CT molecular complexity index is 319. The van der Waals surface area contributed by atoms with Crippen molar-refractivity contribution in [3.8, 4) is 0 Å². The number of alkyl halides is 2. The van der Waals surface area contributed by atoms with Crippen LogP contribution in [-0.4, -0.2) is 25.3 Å². The van der Waals surface area contributed by atoms with E-state index in [2.05, 4.69) is 0 Å². The van der Waals surface area contributed by atoms with Crippen LogP contribution in [0, 0.1) is 5.92 Å². The fraction of sp³-hybridized carbons (Fsp3) is 1.00. The van der Waals surface area contributed by atoms with Gasteiger partial charge in [-0.2, -0.15) is 0 Å². The van der Waals surface area contributed by atoms with Crippen LogP contribution in [0.1, 0.15) is 39.0 Å². The Balaban J connectivity index is 2.21. The molecule has 5 heteroatoms. The zero-order chi connectivity index (χ0) is 13.6. The first-order valence-corrected chi connectivity index (χ1v) is 10.7. The number of ether oxygens (including phenoxy) is 1. The molecule has 0 N–H and O–H groups in total. The lowest BCUT2D eigenvalue weighted by molar-refractivity contribution is -0.168. The molecule has 0 amide bonds. The van der Waals surface area contributed by atoms with Gasteiger partial charge in [0.15, 0.2) is 8.32 Å². The highest BCUT2D eigenvalue weighted by Gasteiger charge is 2.82. The topological polar surface area (TPSA) is 18.5 Å². The Labute approximate surface area is 115 Å². The summed E-state index contributed by atoms with van der Waals surface area (Å²) in [7, 11) is -1.90. The number of fused-ring (bicyclic) bond motifs is 1. The van der Waals surface area contributed by atoms with Gasteiger partial charge in [0.1, 0.15) is 0 Å². The average Bonchev–Trinajstić information content (AvgIpc) is 2.60. The highest BCUT2D eigenvalue weighted by molar-refractivity contribution is 6.70. The van der Waals surface area contributed by atoms with Crippen LogP contribution in [0.5, 0.6) is 0 Å². The summed E-state index contributed by atoms with van der Waals surface area (Å²) < 4.78 is 26.5. The zero-order valence-corrected chi connectivity index (χ0v) is 13.5. The molecule has 0 bridgehead atoms. The normalized spacial score (nSPS) is 45.7. The molecule has 0 spiro atoms. The van der Waals surface area contributed by atoms with Crippen LogP contribution in [0.2, 0.25) is 19.6 Å². The van der Waals surface area contributed by atoms with Gasteiger partial charge in [-0.1, -0.05) is 30.9 Å². The highest BCUT2D eigenvalue weighted by atomic mass is 35.5. The lowest BCUT2D eigenvalue weighted by atomic mass is 10.1. The Morgan fingerprint density at radius 1 is 1.22 bits per heavy atom. The summed E-state index contributed by atoms with van der Waals surface area (Å²) in [6.07, 6.45) is 5.00. The summed E-state index contributed by atoms with van der Waals surface area (Å²) in [6.45, 7) is 8.13. The summed E-state index contributed by atoms with van der Waals surface area (Å²) in [5.74, 6) is -1.48. The van der Waals surface area contributed by atoms with Gasteiger partial charge in [-0.25, -0.2) is 4.39 Å². The van der Waals surface area contributed by atoms with Gasteiger partial charge in [0.05, 0.1) is 12.0 Å². The second-order valence-corrected chi connectivity index (χ2v) is 11.6. The first-order valence-electron chi connectivity index (χ1n) is 6.95. The summed E-state index contributed by atoms with van der Waals surface area (Å²) in [5.41, 5.74) is 0. The maximum Gasteiger partial charge on any atom is 0.244 e. The van der Waals surface area contributed by atoms with Gasteiger partial charge in [0.2, 0.25) is 10.9 Å². The largest absolute Gasteiger partial charge is 0.387 e. The lowest BCUT2D eigenvalue weighted by Gasteiger charge is -2.30. The van der Waals surface area contributed by atoms with Gasteiger partial charge in [-0.15, -0.1) is 0 Å². The van der Waals surface area contributed by atoms with Gasteiger partial charge in [0.25, 0.3) is 0 Å². The van der Waals surface area contributed by atoms with E-state index in [0.717, 1.165) is 32.1 Å². The fourth-order valence-corrected chi connectivity index (χ4v) is 4.61. The first kappa shape index (κ1) is 14.8. The van der Waals surface area contributed by atoms with E-state index in [1.165, 1.54) is 0 Å². The summed E-state index contributed by atoms with van der Waals surface area (Å²) in [6, 6.07) is 0. The SMILES string of the molecule is CC1CCCCCC2C(F)(Cl)C2(O[Si](C)(C)C)O1. The van der Waals surface area contributed by atoms with E-state index in [0.29, 0.717) is 0 Å². The van der Waals surface area contributed by atoms with Crippen molar-refractivity contribution in [3.05, 3.63) is 0 Å². The molecule has 4 atom stereocenters. The van der Waals surface area contributed by atoms with Crippen molar-refractivity contribution in [2.24, 2.45) is 5.92 Å². The minimum Gasteiger partial charge on any atom is -0.387 e. The van der Waals surface area contributed by atoms with E-state index >= 15 is 0 Å². The molecule has 18 heavy (non-hydrogen) atoms. The van der Waals surface area contributed by atoms with Crippen molar-refractivity contribution < 1.29 is 13.6 Å². The van der Waals surface area contributed by atoms with Crippen molar-refractivity contribution >= 4 is 19.9 Å². The van der Waals surface area contributed by atoms with Crippen LogP contribution >= 0.6 is 11.6 Å². The molecular weight excluding hydrogens is 271 g/mol. The molecule has 0 aromatic carbocycles. The van der Waals surface area contributed by atoms with Crippen molar-refractivity contribution in [1.29, 1.82) is 0 Å². The van der Waals surface area contributed by atoms with Gasteiger partial charge in [0, 0.05) is 0 Å². The monoisotopic (exact) mass is 294 g/mol. The second-order valence-electron chi connectivity index (χ2n) is 6.62. The molecule has 1 saturated carbocycles. The molecule has 0 aromatic rings. The van der Waals surface area contributed by atoms with Gasteiger partial charge >= 0.3 is 0 Å². The predicted molar refractivity (Wildman–Crippen MR) is 74.0 cm³/mol. The quantitative estimate of drug-likeness (QED) is 0.554. The maximum atomic E-state index is 14.6. The molecule has 0 aromatic heterocycles. The van der Waals surface area contributed by atoms with Crippen LogP contribution in [0.4, 0.5) is 4.39 Å². The average molecular weight is 295 g/mol. The molecule has 1 saturated heterocycles. The van der Waals surface area contributed by atoms with Crippen LogP contribution in [-0.2, 0) is 9.16 Å². The minimum absolute atomic E-state index is 0.0123. The molecule has 106 valence electrons. The van der Waals surface area contributed by atoms with Gasteiger partial charge in [-0.05, 0) is 39.4 Å². The van der Waals surface area contributed by atoms with Gasteiger partial charge in [-0.3, -0.25) is 0 Å². The molecular formula is C13H24ClFO2Si. The smallest absolute Gasteiger partial charge is 0.244 e. The van der Waals surface area contributed by atoms with Gasteiger partial charge < -0.3 is 9.16 Å². The molecule has 4 unspecified atom stereocenters. The molecule has 1 aliphatic carbocycles. The van der Waals surface area contributed by atoms with E-state index in [4.69, 9.17) is 20.8 Å². The fourth-order valence-electron chi connectivity index (χ4n) is 2.89. The van der Waals surface area contributed by atoms with Crippen molar-refractivity contribution in [1.82, 2.24) is 0 Å². The predicted octanol–water partition coefficient (Wildman–Crippen LogP) is 4.44. The third kappa shape index (κ3) is 2.62. The van der Waals surface area contributed by atoms with Crippen LogP contribution in [0.15, 0.2) is 0 Å². The van der Waals surface area contributed by atoms with E-state index < -0.39 is 19.2 Å². The molecule has 2 nitrogen and oxygen atoms in total. The maximum absolute atomic E-state index is 14.6. The summed E-state index contributed by atoms with van der Waals surface area (Å²) in [4.78, 5) is 0. The standard InChI is InChI=1S/C13H24ClFO2Si/c1-10-8-6-5-7-9-11-12(14,15)13(11,16-10)17-18(2,3)4/h10-11H,5-9H2,1-4H3. The third-order valence-corrected chi connectivity index (χ3v) is 5.16. The molecule has 0 radical (unpaired) electrons. The number of hydrogen-bond donors (Lipinski definition) is 0. The van der Waals surface area contributed by atoms with Crippen molar-refractivity contribution in [2.75, 3.05) is 0 Å². The van der Waals surface area contributed by atoms with Crippen LogP contribution in [0.3, 0.4) is 0 Å². The van der Waals surface area contributed by atoms with E-state index in [1.54, 1.807) is 0 Å². The van der Waals surface area contributed by atoms with E-state index in [9.17, 15) is 4.39 Å². The Hall–Kier alpha value is 0.357. The summed E-state index contributed by atoms with van der Waals surface area (Å²) >= 11 is 6.05. The number of hydrogen-bond acceptors (Lipinski definition) is 2. The molecule has 2 fully saturated rings. The third-order valence-electron chi connectivity index (χ3n) is 3.72. The van der Waals surface area contributed by atoms with Crippen LogP contribution in [0.25, 0.3) is 0 Å². The Morgan fingerprint density at radius 2 is 1.83 bits per heavy atom. The van der Waals surface area contributed by atoms with E-state index in [-0.39, 0.29) is 12.0 Å². The van der Waals surface area contributed by atoms with Crippen LogP contribution < -0.4 is 0 Å². The lowest BCUT2D eigenvalue weighted by Crippen LogP contribution is -2.41. The zero-order valence-electron chi connectivity index (χ0n) is 11.8. The molecule has 1 aliphatic heterocycles. The Kier molecular flexibility index (Phi) is 3.87. The molecule has 2 rings (SSSR count). The number of halogens is 2. The molecule has 1 heterocycles. The van der Waals surface area contributed by atoms with Crippen molar-refractivity contribution in [3.63, 3.8) is 0 Å². The molecule has 2 aliphatic rings. The minimum atomic E-state index is -1.90. The second kappa shape index (κ2) is 4.72. The van der Waals surface area contributed by atoms with E-state index in [1.807, 2.05) is 26.6 Å². The summed E-state index contributed by atoms with van der Waals surface area (Å²) in [5, 5.41) is -1.83. The number of rotatable bonds is 2. The highest BCUT2D eigenvalue weighted by Crippen LogP contribution is 2.67.